The van der Waals surface area contributed by atoms with E-state index in [1.54, 1.807) is 6.92 Å². The van der Waals surface area contributed by atoms with Crippen molar-refractivity contribution in [3.05, 3.63) is 21.5 Å². The van der Waals surface area contributed by atoms with Crippen molar-refractivity contribution in [3.63, 3.8) is 0 Å². The number of nitrogens with one attached hydrogen (secondary N) is 3. The van der Waals surface area contributed by atoms with Gasteiger partial charge in [-0.1, -0.05) is 0 Å². The Labute approximate surface area is 126 Å². The highest BCUT2D eigenvalue weighted by Crippen LogP contribution is 2.21. The van der Waals surface area contributed by atoms with Crippen molar-refractivity contribution in [2.45, 2.75) is 39.3 Å². The minimum atomic E-state index is -0.501. The van der Waals surface area contributed by atoms with E-state index in [-0.39, 0.29) is 17.9 Å². The van der Waals surface area contributed by atoms with Crippen LogP contribution in [0, 0.1) is 24.0 Å². The van der Waals surface area contributed by atoms with Gasteiger partial charge in [-0.05, 0) is 38.9 Å². The first-order valence-electron chi connectivity index (χ1n) is 6.42. The monoisotopic (exact) mass is 312 g/mol. The highest BCUT2D eigenvalue weighted by atomic mass is 32.1. The Bertz CT molecular complexity index is 595. The van der Waals surface area contributed by atoms with Gasteiger partial charge in [0.25, 0.3) is 5.91 Å². The van der Waals surface area contributed by atoms with E-state index in [1.807, 2.05) is 0 Å². The number of nitrogens with zero attached hydrogens (tertiary/aromatic N) is 3. The van der Waals surface area contributed by atoms with E-state index >= 15 is 0 Å². The van der Waals surface area contributed by atoms with Gasteiger partial charge in [0.1, 0.15) is 17.9 Å². The number of carbonyl (C=O) groups is 1. The van der Waals surface area contributed by atoms with Gasteiger partial charge in [0.15, 0.2) is 5.11 Å². The van der Waals surface area contributed by atoms with E-state index in [4.69, 9.17) is 12.2 Å². The number of amides is 1. The van der Waals surface area contributed by atoms with Crippen molar-refractivity contribution in [3.8, 4) is 0 Å². The summed E-state index contributed by atoms with van der Waals surface area (Å²) < 4.78 is 1.29. The molecule has 1 heterocycles. The molecule has 1 saturated carbocycles. The number of carbonyl (C=O) groups excluding carboxylic acids is 1. The zero-order valence-electron chi connectivity index (χ0n) is 11.7. The van der Waals surface area contributed by atoms with Gasteiger partial charge in [0.2, 0.25) is 0 Å². The maximum Gasteiger partial charge on any atom is 0.312 e. The van der Waals surface area contributed by atoms with E-state index in [0.717, 1.165) is 12.8 Å². The number of hydrogen-bond acceptors (Lipinski definition) is 5. The van der Waals surface area contributed by atoms with Crippen LogP contribution in [0.3, 0.4) is 0 Å². The number of hydrogen-bond donors (Lipinski definition) is 3. The Balaban J connectivity index is 1.88. The number of hydrazine groups is 1. The molecular weight excluding hydrogens is 296 g/mol. The van der Waals surface area contributed by atoms with E-state index in [1.165, 1.54) is 11.6 Å². The summed E-state index contributed by atoms with van der Waals surface area (Å²) in [7, 11) is 0. The molecule has 1 aliphatic rings. The van der Waals surface area contributed by atoms with Crippen molar-refractivity contribution in [2.75, 3.05) is 0 Å². The average Bonchev–Trinajstić information content (AvgIpc) is 3.14. The second-order valence-corrected chi connectivity index (χ2v) is 5.26. The Kier molecular flexibility index (Phi) is 4.36. The third-order valence-electron chi connectivity index (χ3n) is 3.05. The highest BCUT2D eigenvalue weighted by Gasteiger charge is 2.23. The molecule has 9 nitrogen and oxygen atoms in total. The fraction of sp³-hybridized carbons (Fsp3) is 0.545. The van der Waals surface area contributed by atoms with E-state index in [2.05, 4.69) is 21.3 Å². The van der Waals surface area contributed by atoms with Gasteiger partial charge in [0.05, 0.1) is 4.92 Å². The molecule has 114 valence electrons. The largest absolute Gasteiger partial charge is 0.359 e. The molecule has 0 atom stereocenters. The van der Waals surface area contributed by atoms with Crippen LogP contribution in [0.15, 0.2) is 0 Å². The summed E-state index contributed by atoms with van der Waals surface area (Å²) in [6, 6.07) is 0.389. The predicted octanol–water partition coefficient (Wildman–Crippen LogP) is 0.0658. The van der Waals surface area contributed by atoms with E-state index in [0.29, 0.717) is 16.8 Å². The Morgan fingerprint density at radius 2 is 2.14 bits per heavy atom. The number of thiocarbonyl (C=S) groups is 1. The Hall–Kier alpha value is -2.23. The van der Waals surface area contributed by atoms with Crippen molar-refractivity contribution in [1.29, 1.82) is 0 Å². The summed E-state index contributed by atoms with van der Waals surface area (Å²) in [5.74, 6) is -0.393. The number of nitro groups is 1. The minimum Gasteiger partial charge on any atom is -0.359 e. The number of rotatable bonds is 4. The van der Waals surface area contributed by atoms with Gasteiger partial charge in [0, 0.05) is 6.04 Å². The van der Waals surface area contributed by atoms with Crippen LogP contribution in [-0.4, -0.2) is 31.8 Å². The van der Waals surface area contributed by atoms with Crippen LogP contribution in [0.1, 0.15) is 24.2 Å². The Morgan fingerprint density at radius 3 is 2.67 bits per heavy atom. The molecule has 0 aromatic carbocycles. The van der Waals surface area contributed by atoms with Gasteiger partial charge >= 0.3 is 5.69 Å². The topological polar surface area (TPSA) is 114 Å². The standard InChI is InChI=1S/C11H16N6O3S/c1-6-10(17(19)20)7(2)16(15-6)5-9(18)13-14-11(21)12-8-3-4-8/h8H,3-5H2,1-2H3,(H,13,18)(H2,12,14,21). The summed E-state index contributed by atoms with van der Waals surface area (Å²) in [6.45, 7) is 2.96. The average molecular weight is 312 g/mol. The molecule has 1 amide bonds. The summed E-state index contributed by atoms with van der Waals surface area (Å²) in [5.41, 5.74) is 5.56. The molecule has 0 radical (unpaired) electrons. The molecule has 1 aromatic heterocycles. The third kappa shape index (κ3) is 3.88. The summed E-state index contributed by atoms with van der Waals surface area (Å²) >= 11 is 4.99. The maximum absolute atomic E-state index is 11.8. The lowest BCUT2D eigenvalue weighted by Crippen LogP contribution is -2.48. The number of aryl methyl sites for hydroxylation is 1. The molecule has 0 spiro atoms. The molecule has 1 aromatic rings. The Morgan fingerprint density at radius 1 is 1.48 bits per heavy atom. The molecule has 3 N–H and O–H groups in total. The van der Waals surface area contributed by atoms with Crippen LogP contribution in [0.4, 0.5) is 5.69 Å². The smallest absolute Gasteiger partial charge is 0.312 e. The lowest BCUT2D eigenvalue weighted by atomic mass is 10.3. The fourth-order valence-electron chi connectivity index (χ4n) is 1.86. The SMILES string of the molecule is Cc1nn(CC(=O)NNC(=S)NC2CC2)c(C)c1[N+](=O)[O-]. The van der Waals surface area contributed by atoms with Crippen LogP contribution in [0.2, 0.25) is 0 Å². The van der Waals surface area contributed by atoms with Gasteiger partial charge in [-0.25, -0.2) is 0 Å². The van der Waals surface area contributed by atoms with E-state index < -0.39 is 10.8 Å². The molecule has 0 aliphatic heterocycles. The highest BCUT2D eigenvalue weighted by molar-refractivity contribution is 7.80. The van der Waals surface area contributed by atoms with Gasteiger partial charge in [-0.2, -0.15) is 5.10 Å². The molecular formula is C11H16N6O3S. The van der Waals surface area contributed by atoms with E-state index in [9.17, 15) is 14.9 Å². The normalized spacial score (nSPS) is 13.6. The number of aromatic nitrogens is 2. The molecule has 0 saturated heterocycles. The summed E-state index contributed by atoms with van der Waals surface area (Å²) in [5, 5.41) is 18.2. The van der Waals surface area contributed by atoms with Gasteiger partial charge < -0.3 is 5.32 Å². The minimum absolute atomic E-state index is 0.0679. The third-order valence-corrected chi connectivity index (χ3v) is 3.27. The van der Waals surface area contributed by atoms with Gasteiger partial charge in [-0.3, -0.25) is 30.4 Å². The maximum atomic E-state index is 11.8. The first kappa shape index (κ1) is 15.2. The molecule has 1 aliphatic carbocycles. The van der Waals surface area contributed by atoms with Crippen LogP contribution >= 0.6 is 12.2 Å². The molecule has 10 heteroatoms. The zero-order chi connectivity index (χ0) is 15.6. The van der Waals surface area contributed by atoms with Crippen LogP contribution in [0.25, 0.3) is 0 Å². The first-order valence-corrected chi connectivity index (χ1v) is 6.83. The summed E-state index contributed by atoms with van der Waals surface area (Å²) in [6.07, 6.45) is 2.15. The van der Waals surface area contributed by atoms with Crippen LogP contribution < -0.4 is 16.2 Å². The molecule has 21 heavy (non-hydrogen) atoms. The lowest BCUT2D eigenvalue weighted by Gasteiger charge is -2.11. The van der Waals surface area contributed by atoms with Crippen molar-refractivity contribution in [2.24, 2.45) is 0 Å². The molecule has 0 bridgehead atoms. The molecule has 1 fully saturated rings. The lowest BCUT2D eigenvalue weighted by molar-refractivity contribution is -0.386. The molecule has 0 unspecified atom stereocenters. The van der Waals surface area contributed by atoms with Crippen molar-refractivity contribution < 1.29 is 9.72 Å². The van der Waals surface area contributed by atoms with Crippen LogP contribution in [0.5, 0.6) is 0 Å². The second kappa shape index (κ2) is 6.04. The quantitative estimate of drug-likeness (QED) is 0.409. The summed E-state index contributed by atoms with van der Waals surface area (Å²) in [4.78, 5) is 22.1. The van der Waals surface area contributed by atoms with Crippen molar-refractivity contribution in [1.82, 2.24) is 25.9 Å². The predicted molar refractivity (Wildman–Crippen MR) is 78.4 cm³/mol. The fourth-order valence-corrected chi connectivity index (χ4v) is 2.07. The van der Waals surface area contributed by atoms with Crippen molar-refractivity contribution >= 4 is 28.9 Å². The first-order chi connectivity index (χ1) is 9.88. The zero-order valence-corrected chi connectivity index (χ0v) is 12.5. The van der Waals surface area contributed by atoms with Crippen LogP contribution in [-0.2, 0) is 11.3 Å². The van der Waals surface area contributed by atoms with Gasteiger partial charge in [-0.15, -0.1) is 0 Å². The molecule has 2 rings (SSSR count). The second-order valence-electron chi connectivity index (χ2n) is 4.86.